The summed E-state index contributed by atoms with van der Waals surface area (Å²) in [5, 5.41) is -0.0604. The van der Waals surface area contributed by atoms with Crippen molar-refractivity contribution < 1.29 is 9.18 Å². The van der Waals surface area contributed by atoms with E-state index in [4.69, 9.17) is 11.6 Å². The lowest BCUT2D eigenvalue weighted by molar-refractivity contribution is 0.103. The number of ketones is 1. The van der Waals surface area contributed by atoms with E-state index in [-0.39, 0.29) is 10.8 Å². The summed E-state index contributed by atoms with van der Waals surface area (Å²) >= 11 is 5.60. The van der Waals surface area contributed by atoms with Crippen molar-refractivity contribution in [3.05, 3.63) is 64.7 Å². The van der Waals surface area contributed by atoms with Crippen LogP contribution in [0.1, 0.15) is 15.9 Å². The smallest absolute Gasteiger partial charge is 0.194 e. The molecule has 16 heavy (non-hydrogen) atoms. The number of pyridine rings is 1. The fraction of sp³-hybridized carbons (Fsp3) is 0. The van der Waals surface area contributed by atoms with Gasteiger partial charge in [0, 0.05) is 23.5 Å². The van der Waals surface area contributed by atoms with Gasteiger partial charge < -0.3 is 0 Å². The molecule has 1 heterocycles. The third kappa shape index (κ3) is 2.09. The monoisotopic (exact) mass is 235 g/mol. The van der Waals surface area contributed by atoms with Crippen molar-refractivity contribution in [3.63, 3.8) is 0 Å². The number of aromatic nitrogens is 1. The van der Waals surface area contributed by atoms with Crippen LogP contribution in [0.2, 0.25) is 5.02 Å². The summed E-state index contributed by atoms with van der Waals surface area (Å²) in [5.74, 6) is -0.764. The van der Waals surface area contributed by atoms with E-state index in [1.807, 2.05) is 0 Å². The van der Waals surface area contributed by atoms with Gasteiger partial charge in [0.1, 0.15) is 5.82 Å². The van der Waals surface area contributed by atoms with E-state index >= 15 is 0 Å². The molecule has 0 bridgehead atoms. The Labute approximate surface area is 96.7 Å². The lowest BCUT2D eigenvalue weighted by Crippen LogP contribution is -2.01. The number of hydrogen-bond acceptors (Lipinski definition) is 2. The largest absolute Gasteiger partial charge is 0.289 e. The number of carbonyl (C=O) groups excluding carboxylic acids is 1. The maximum absolute atomic E-state index is 12.9. The van der Waals surface area contributed by atoms with Crippen LogP contribution >= 0.6 is 11.6 Å². The number of carbonyl (C=O) groups is 1. The lowest BCUT2D eigenvalue weighted by atomic mass is 10.1. The Morgan fingerprint density at radius 1 is 1.25 bits per heavy atom. The predicted octanol–water partition coefficient (Wildman–Crippen LogP) is 3.11. The van der Waals surface area contributed by atoms with Gasteiger partial charge in [0.2, 0.25) is 0 Å². The van der Waals surface area contributed by atoms with Gasteiger partial charge >= 0.3 is 0 Å². The van der Waals surface area contributed by atoms with Crippen LogP contribution in [0.4, 0.5) is 4.39 Å². The predicted molar refractivity (Wildman–Crippen MR) is 59.1 cm³/mol. The highest BCUT2D eigenvalue weighted by molar-refractivity contribution is 6.31. The van der Waals surface area contributed by atoms with Gasteiger partial charge in [-0.15, -0.1) is 0 Å². The second kappa shape index (κ2) is 4.41. The Bertz CT molecular complexity index is 528. The van der Waals surface area contributed by atoms with Crippen molar-refractivity contribution in [3.8, 4) is 0 Å². The molecule has 0 saturated carbocycles. The summed E-state index contributed by atoms with van der Waals surface area (Å²) in [6.45, 7) is 0. The zero-order valence-electron chi connectivity index (χ0n) is 8.15. The van der Waals surface area contributed by atoms with Crippen LogP contribution in [0, 0.1) is 5.82 Å². The molecule has 0 spiro atoms. The van der Waals surface area contributed by atoms with Crippen LogP contribution in [0.5, 0.6) is 0 Å². The zero-order chi connectivity index (χ0) is 11.5. The Morgan fingerprint density at radius 2 is 2.06 bits per heavy atom. The summed E-state index contributed by atoms with van der Waals surface area (Å²) in [6.07, 6.45) is 3.04. The molecule has 1 aromatic carbocycles. The number of nitrogens with zero attached hydrogens (tertiary/aromatic N) is 1. The van der Waals surface area contributed by atoms with Crippen LogP contribution in [0.25, 0.3) is 0 Å². The Balaban J connectivity index is 2.39. The molecule has 0 N–H and O–H groups in total. The van der Waals surface area contributed by atoms with Crippen LogP contribution in [0.3, 0.4) is 0 Å². The molecular formula is C12H7ClFNO. The third-order valence-electron chi connectivity index (χ3n) is 2.11. The van der Waals surface area contributed by atoms with Crippen LogP contribution in [-0.2, 0) is 0 Å². The summed E-state index contributed by atoms with van der Waals surface area (Å²) in [6, 6.07) is 7.19. The fourth-order valence-electron chi connectivity index (χ4n) is 1.30. The number of hydrogen-bond donors (Lipinski definition) is 0. The molecule has 4 heteroatoms. The standard InChI is InChI=1S/C12H7ClFNO/c13-10-6-8(3-4-11(10)14)12(16)9-2-1-5-15-7-9/h1-7H. The fourth-order valence-corrected chi connectivity index (χ4v) is 1.48. The van der Waals surface area contributed by atoms with Crippen LogP contribution in [-0.4, -0.2) is 10.8 Å². The van der Waals surface area contributed by atoms with E-state index in [0.717, 1.165) is 0 Å². The lowest BCUT2D eigenvalue weighted by Gasteiger charge is -2.01. The average molecular weight is 236 g/mol. The minimum atomic E-state index is -0.538. The van der Waals surface area contributed by atoms with Gasteiger partial charge in [0.15, 0.2) is 5.78 Å². The molecule has 0 atom stereocenters. The molecule has 1 aromatic heterocycles. The first-order valence-electron chi connectivity index (χ1n) is 4.58. The van der Waals surface area contributed by atoms with E-state index in [0.29, 0.717) is 11.1 Å². The summed E-state index contributed by atoms with van der Waals surface area (Å²) < 4.78 is 12.9. The third-order valence-corrected chi connectivity index (χ3v) is 2.40. The Hall–Kier alpha value is -1.74. The molecule has 0 aliphatic rings. The summed E-state index contributed by atoms with van der Waals surface area (Å²) in [7, 11) is 0. The number of benzene rings is 1. The van der Waals surface area contributed by atoms with Crippen molar-refractivity contribution in [2.75, 3.05) is 0 Å². The normalized spacial score (nSPS) is 10.1. The van der Waals surface area contributed by atoms with Crippen LogP contribution in [0.15, 0.2) is 42.7 Å². The minimum absolute atomic E-state index is 0.0604. The molecule has 0 radical (unpaired) electrons. The quantitative estimate of drug-likeness (QED) is 0.749. The van der Waals surface area contributed by atoms with Gasteiger partial charge in [0.05, 0.1) is 5.02 Å². The molecule has 2 aromatic rings. The molecular weight excluding hydrogens is 229 g/mol. The highest BCUT2D eigenvalue weighted by atomic mass is 35.5. The summed E-state index contributed by atoms with van der Waals surface area (Å²) in [4.78, 5) is 15.7. The van der Waals surface area contributed by atoms with Crippen molar-refractivity contribution in [2.24, 2.45) is 0 Å². The molecule has 2 nitrogen and oxygen atoms in total. The molecule has 0 amide bonds. The Kier molecular flexibility index (Phi) is 2.97. The first kappa shape index (κ1) is 10.8. The van der Waals surface area contributed by atoms with E-state index in [1.54, 1.807) is 18.3 Å². The van der Waals surface area contributed by atoms with E-state index in [1.165, 1.54) is 24.4 Å². The zero-order valence-corrected chi connectivity index (χ0v) is 8.91. The van der Waals surface area contributed by atoms with Gasteiger partial charge in [-0.2, -0.15) is 0 Å². The molecule has 80 valence electrons. The summed E-state index contributed by atoms with van der Waals surface area (Å²) in [5.41, 5.74) is 0.796. The van der Waals surface area contributed by atoms with Crippen molar-refractivity contribution in [1.82, 2.24) is 4.98 Å². The molecule has 0 unspecified atom stereocenters. The van der Waals surface area contributed by atoms with Gasteiger partial charge in [-0.3, -0.25) is 9.78 Å². The minimum Gasteiger partial charge on any atom is -0.289 e. The highest BCUT2D eigenvalue weighted by Crippen LogP contribution is 2.18. The Morgan fingerprint density at radius 3 is 2.69 bits per heavy atom. The molecule has 0 aliphatic heterocycles. The average Bonchev–Trinajstić information content (AvgIpc) is 2.33. The van der Waals surface area contributed by atoms with Gasteiger partial charge in [-0.05, 0) is 30.3 Å². The van der Waals surface area contributed by atoms with E-state index in [9.17, 15) is 9.18 Å². The van der Waals surface area contributed by atoms with Crippen molar-refractivity contribution in [1.29, 1.82) is 0 Å². The van der Waals surface area contributed by atoms with E-state index in [2.05, 4.69) is 4.98 Å². The molecule has 0 fully saturated rings. The SMILES string of the molecule is O=C(c1cccnc1)c1ccc(F)c(Cl)c1. The van der Waals surface area contributed by atoms with Crippen molar-refractivity contribution >= 4 is 17.4 Å². The number of halogens is 2. The number of rotatable bonds is 2. The first-order chi connectivity index (χ1) is 7.68. The maximum Gasteiger partial charge on any atom is 0.194 e. The van der Waals surface area contributed by atoms with E-state index < -0.39 is 5.82 Å². The second-order valence-electron chi connectivity index (χ2n) is 3.20. The topological polar surface area (TPSA) is 30.0 Å². The second-order valence-corrected chi connectivity index (χ2v) is 3.61. The maximum atomic E-state index is 12.9. The van der Waals surface area contributed by atoms with Gasteiger partial charge in [-0.25, -0.2) is 4.39 Å². The molecule has 0 saturated heterocycles. The van der Waals surface area contributed by atoms with Gasteiger partial charge in [-0.1, -0.05) is 11.6 Å². The molecule has 0 aliphatic carbocycles. The first-order valence-corrected chi connectivity index (χ1v) is 4.96. The van der Waals surface area contributed by atoms with Crippen LogP contribution < -0.4 is 0 Å². The highest BCUT2D eigenvalue weighted by Gasteiger charge is 2.10. The molecule has 2 rings (SSSR count). The van der Waals surface area contributed by atoms with Crippen molar-refractivity contribution in [2.45, 2.75) is 0 Å². The van der Waals surface area contributed by atoms with Gasteiger partial charge in [0.25, 0.3) is 0 Å².